The van der Waals surface area contributed by atoms with Gasteiger partial charge in [-0.2, -0.15) is 0 Å². The molecule has 4 nitrogen and oxygen atoms in total. The number of rotatable bonds is 5. The summed E-state index contributed by atoms with van der Waals surface area (Å²) >= 11 is 0. The van der Waals surface area contributed by atoms with Crippen molar-refractivity contribution in [1.82, 2.24) is 0 Å². The van der Waals surface area contributed by atoms with Crippen molar-refractivity contribution in [1.29, 1.82) is 0 Å². The monoisotopic (exact) mass is 326 g/mol. The number of aliphatic carboxylic acids is 1. The molecule has 0 aliphatic heterocycles. The van der Waals surface area contributed by atoms with Gasteiger partial charge in [0.2, 0.25) is 0 Å². The first-order chi connectivity index (χ1) is 11.4. The molecule has 1 saturated carbocycles. The van der Waals surface area contributed by atoms with Crippen LogP contribution >= 0.6 is 0 Å². The number of hydrogen-bond acceptors (Lipinski definition) is 3. The molecule has 1 atom stereocenters. The fourth-order valence-electron chi connectivity index (χ4n) is 4.24. The maximum absolute atomic E-state index is 12.0. The van der Waals surface area contributed by atoms with Gasteiger partial charge in [-0.05, 0) is 40.8 Å². The summed E-state index contributed by atoms with van der Waals surface area (Å²) in [5.41, 5.74) is 0.874. The summed E-state index contributed by atoms with van der Waals surface area (Å²) in [6, 6.07) is 15.4. The largest absolute Gasteiger partial charge is 0.497 e. The highest BCUT2D eigenvalue weighted by atomic mass is 16.5. The van der Waals surface area contributed by atoms with E-state index in [-0.39, 0.29) is 0 Å². The molecule has 1 unspecified atom stereocenters. The van der Waals surface area contributed by atoms with Crippen molar-refractivity contribution < 1.29 is 19.4 Å². The molecule has 1 aliphatic carbocycles. The lowest BCUT2D eigenvalue weighted by Gasteiger charge is -2.23. The van der Waals surface area contributed by atoms with Crippen LogP contribution in [0.2, 0.25) is 0 Å². The van der Waals surface area contributed by atoms with E-state index in [1.807, 2.05) is 62.4 Å². The Morgan fingerprint density at radius 3 is 1.75 bits per heavy atom. The molecule has 0 amide bonds. The van der Waals surface area contributed by atoms with E-state index in [0.29, 0.717) is 0 Å². The molecule has 0 bridgehead atoms. The number of hydrogen-bond donors (Lipinski definition) is 1. The van der Waals surface area contributed by atoms with Gasteiger partial charge in [0, 0.05) is 5.41 Å². The first kappa shape index (κ1) is 16.4. The molecule has 0 heterocycles. The second kappa shape index (κ2) is 5.55. The van der Waals surface area contributed by atoms with Crippen molar-refractivity contribution in [2.75, 3.05) is 14.2 Å². The highest BCUT2D eigenvalue weighted by Crippen LogP contribution is 2.72. The quantitative estimate of drug-likeness (QED) is 0.909. The van der Waals surface area contributed by atoms with Gasteiger partial charge < -0.3 is 14.6 Å². The fraction of sp³-hybridized carbons (Fsp3) is 0.350. The van der Waals surface area contributed by atoms with Crippen LogP contribution in [0, 0.1) is 11.3 Å². The number of carboxylic acids is 1. The standard InChI is InChI=1S/C20H22O4/c1-19(2)17(18(21)22)20(19,13-7-5-9-15(11-13)23-3)14-8-6-10-16(12-14)24-4/h5-12,17H,1-4H3,(H,21,22). The summed E-state index contributed by atoms with van der Waals surface area (Å²) in [4.78, 5) is 12.0. The molecule has 1 aliphatic rings. The second-order valence-electron chi connectivity index (χ2n) is 6.76. The van der Waals surface area contributed by atoms with E-state index < -0.39 is 22.7 Å². The average Bonchev–Trinajstić information content (AvgIpc) is 3.13. The fourth-order valence-corrected chi connectivity index (χ4v) is 4.24. The number of ether oxygens (including phenoxy) is 2. The Balaban J connectivity index is 2.25. The highest BCUT2D eigenvalue weighted by molar-refractivity contribution is 5.82. The predicted molar refractivity (Wildman–Crippen MR) is 91.7 cm³/mol. The van der Waals surface area contributed by atoms with Crippen LogP contribution in [0.1, 0.15) is 25.0 Å². The summed E-state index contributed by atoms with van der Waals surface area (Å²) in [6.45, 7) is 4.01. The number of benzene rings is 2. The van der Waals surface area contributed by atoms with Crippen molar-refractivity contribution >= 4 is 5.97 Å². The summed E-state index contributed by atoms with van der Waals surface area (Å²) in [6.07, 6.45) is 0. The number of carboxylic acid groups (broad SMARTS) is 1. The molecule has 1 N–H and O–H groups in total. The first-order valence-electron chi connectivity index (χ1n) is 7.91. The van der Waals surface area contributed by atoms with E-state index in [9.17, 15) is 9.90 Å². The molecule has 0 saturated heterocycles. The van der Waals surface area contributed by atoms with Crippen LogP contribution < -0.4 is 9.47 Å². The predicted octanol–water partition coefficient (Wildman–Crippen LogP) is 3.73. The normalized spacial score (nSPS) is 20.2. The van der Waals surface area contributed by atoms with Gasteiger partial charge in [0.05, 0.1) is 20.1 Å². The Morgan fingerprint density at radius 1 is 0.958 bits per heavy atom. The van der Waals surface area contributed by atoms with Gasteiger partial charge in [-0.15, -0.1) is 0 Å². The summed E-state index contributed by atoms with van der Waals surface area (Å²) in [7, 11) is 3.23. The van der Waals surface area contributed by atoms with Crippen molar-refractivity contribution in [2.24, 2.45) is 11.3 Å². The molecule has 0 spiro atoms. The van der Waals surface area contributed by atoms with Gasteiger partial charge in [-0.1, -0.05) is 38.1 Å². The van der Waals surface area contributed by atoms with Crippen LogP contribution in [0.4, 0.5) is 0 Å². The molecular weight excluding hydrogens is 304 g/mol. The van der Waals surface area contributed by atoms with E-state index >= 15 is 0 Å². The van der Waals surface area contributed by atoms with Gasteiger partial charge in [-0.3, -0.25) is 4.79 Å². The third-order valence-corrected chi connectivity index (χ3v) is 5.38. The van der Waals surface area contributed by atoms with Crippen molar-refractivity contribution in [3.05, 3.63) is 59.7 Å². The van der Waals surface area contributed by atoms with Crippen molar-refractivity contribution in [3.63, 3.8) is 0 Å². The van der Waals surface area contributed by atoms with E-state index in [0.717, 1.165) is 22.6 Å². The van der Waals surface area contributed by atoms with Crippen LogP contribution in [-0.2, 0) is 10.2 Å². The van der Waals surface area contributed by atoms with Crippen molar-refractivity contribution in [2.45, 2.75) is 19.3 Å². The minimum atomic E-state index is -0.786. The third-order valence-electron chi connectivity index (χ3n) is 5.38. The van der Waals surface area contributed by atoms with E-state index in [1.165, 1.54) is 0 Å². The van der Waals surface area contributed by atoms with Gasteiger partial charge in [0.25, 0.3) is 0 Å². The van der Waals surface area contributed by atoms with Crippen LogP contribution in [0.15, 0.2) is 48.5 Å². The maximum Gasteiger partial charge on any atom is 0.308 e. The van der Waals surface area contributed by atoms with E-state index in [2.05, 4.69) is 0 Å². The Bertz CT molecular complexity index is 731. The molecule has 24 heavy (non-hydrogen) atoms. The lowest BCUT2D eigenvalue weighted by molar-refractivity contribution is -0.139. The van der Waals surface area contributed by atoms with E-state index in [1.54, 1.807) is 14.2 Å². The molecule has 0 radical (unpaired) electrons. The number of methoxy groups -OCH3 is 2. The molecule has 4 heteroatoms. The first-order valence-corrected chi connectivity index (χ1v) is 7.91. The molecule has 1 fully saturated rings. The maximum atomic E-state index is 12.0. The summed E-state index contributed by atoms with van der Waals surface area (Å²) in [5, 5.41) is 9.84. The van der Waals surface area contributed by atoms with Crippen LogP contribution in [-0.4, -0.2) is 25.3 Å². The molecular formula is C20H22O4. The minimum absolute atomic E-state index is 0.419. The molecule has 2 aromatic carbocycles. The average molecular weight is 326 g/mol. The van der Waals surface area contributed by atoms with Crippen LogP contribution in [0.3, 0.4) is 0 Å². The molecule has 0 aromatic heterocycles. The van der Waals surface area contributed by atoms with Gasteiger partial charge in [0.1, 0.15) is 11.5 Å². The lowest BCUT2D eigenvalue weighted by atomic mass is 9.81. The molecule has 126 valence electrons. The van der Waals surface area contributed by atoms with E-state index in [4.69, 9.17) is 9.47 Å². The Morgan fingerprint density at radius 2 is 1.42 bits per heavy atom. The Kier molecular flexibility index (Phi) is 3.78. The Labute approximate surface area is 142 Å². The smallest absolute Gasteiger partial charge is 0.308 e. The Hall–Kier alpha value is -2.49. The van der Waals surface area contributed by atoms with Crippen LogP contribution in [0.25, 0.3) is 0 Å². The minimum Gasteiger partial charge on any atom is -0.497 e. The van der Waals surface area contributed by atoms with Gasteiger partial charge >= 0.3 is 5.97 Å². The van der Waals surface area contributed by atoms with Gasteiger partial charge in [-0.25, -0.2) is 0 Å². The highest BCUT2D eigenvalue weighted by Gasteiger charge is 2.76. The summed E-state index contributed by atoms with van der Waals surface area (Å²) < 4.78 is 10.7. The second-order valence-corrected chi connectivity index (χ2v) is 6.76. The molecule has 2 aromatic rings. The third kappa shape index (κ3) is 2.09. The number of carbonyl (C=O) groups is 1. The zero-order valence-electron chi connectivity index (χ0n) is 14.4. The molecule has 3 rings (SSSR count). The van der Waals surface area contributed by atoms with Gasteiger partial charge in [0.15, 0.2) is 0 Å². The summed E-state index contributed by atoms with van der Waals surface area (Å²) in [5.74, 6) is 0.151. The van der Waals surface area contributed by atoms with Crippen molar-refractivity contribution in [3.8, 4) is 11.5 Å². The SMILES string of the molecule is COc1cccc(C2(c3cccc(OC)c3)C(C(=O)O)C2(C)C)c1. The zero-order valence-corrected chi connectivity index (χ0v) is 14.4. The zero-order chi connectivity index (χ0) is 17.5. The topological polar surface area (TPSA) is 55.8 Å². The lowest BCUT2D eigenvalue weighted by Crippen LogP contribution is -2.19. The van der Waals surface area contributed by atoms with Crippen LogP contribution in [0.5, 0.6) is 11.5 Å².